The highest BCUT2D eigenvalue weighted by Gasteiger charge is 2.29. The van der Waals surface area contributed by atoms with Crippen molar-refractivity contribution in [3.8, 4) is 0 Å². The van der Waals surface area contributed by atoms with Gasteiger partial charge in [-0.25, -0.2) is 18.4 Å². The molecule has 21 heavy (non-hydrogen) atoms. The summed E-state index contributed by atoms with van der Waals surface area (Å²) in [4.78, 5) is 8.81. The number of para-hydroxylation sites is 2. The Labute approximate surface area is 124 Å². The first-order valence-electron chi connectivity index (χ1n) is 6.34. The molecule has 1 saturated heterocycles. The van der Waals surface area contributed by atoms with Crippen LogP contribution in [0.1, 0.15) is 0 Å². The summed E-state index contributed by atoms with van der Waals surface area (Å²) in [5, 5.41) is 6.89. The van der Waals surface area contributed by atoms with Crippen LogP contribution in [-0.2, 0) is 10.0 Å². The van der Waals surface area contributed by atoms with E-state index in [-0.39, 0.29) is 16.8 Å². The molecule has 1 unspecified atom stereocenters. The van der Waals surface area contributed by atoms with Crippen LogP contribution in [0.25, 0.3) is 22.2 Å². The van der Waals surface area contributed by atoms with E-state index in [9.17, 15) is 8.42 Å². The van der Waals surface area contributed by atoms with E-state index >= 15 is 0 Å². The minimum Gasteiger partial charge on any atom is -0.264 e. The van der Waals surface area contributed by atoms with Crippen molar-refractivity contribution >= 4 is 49.8 Å². The van der Waals surface area contributed by atoms with Crippen molar-refractivity contribution in [2.45, 2.75) is 5.25 Å². The topological polar surface area (TPSA) is 101 Å². The van der Waals surface area contributed by atoms with Gasteiger partial charge in [0.25, 0.3) is 0 Å². The Morgan fingerprint density at radius 3 is 2.71 bits per heavy atom. The van der Waals surface area contributed by atoms with Gasteiger partial charge in [-0.3, -0.25) is 9.82 Å². The number of aromatic nitrogens is 4. The summed E-state index contributed by atoms with van der Waals surface area (Å²) in [6.45, 7) is 0. The number of hydrogen-bond donors (Lipinski definition) is 2. The molecule has 108 valence electrons. The lowest BCUT2D eigenvalue weighted by Gasteiger charge is -2.04. The molecule has 0 amide bonds. The van der Waals surface area contributed by atoms with Crippen molar-refractivity contribution < 1.29 is 8.42 Å². The molecule has 1 fully saturated rings. The van der Waals surface area contributed by atoms with E-state index in [4.69, 9.17) is 0 Å². The molecule has 2 aromatic heterocycles. The van der Waals surface area contributed by atoms with E-state index in [1.807, 2.05) is 24.3 Å². The molecule has 1 aliphatic rings. The first-order valence-corrected chi connectivity index (χ1v) is 9.04. The Kier molecular flexibility index (Phi) is 2.79. The molecule has 3 aromatic rings. The van der Waals surface area contributed by atoms with E-state index in [0.717, 1.165) is 11.3 Å². The number of aromatic amines is 1. The maximum atomic E-state index is 12.0. The Balaban J connectivity index is 1.76. The zero-order chi connectivity index (χ0) is 14.4. The summed E-state index contributed by atoms with van der Waals surface area (Å²) >= 11 is 1.64. The second kappa shape index (κ2) is 4.57. The number of nitrogens with one attached hydrogen (secondary N) is 2. The lowest BCUT2D eigenvalue weighted by atomic mass is 10.3. The van der Waals surface area contributed by atoms with Crippen LogP contribution in [0.2, 0.25) is 0 Å². The molecule has 4 rings (SSSR count). The fourth-order valence-corrected chi connectivity index (χ4v) is 4.53. The van der Waals surface area contributed by atoms with Crippen LogP contribution in [0, 0.1) is 0 Å². The van der Waals surface area contributed by atoms with Crippen molar-refractivity contribution in [3.63, 3.8) is 0 Å². The minimum absolute atomic E-state index is 0.104. The quantitative estimate of drug-likeness (QED) is 0.704. The van der Waals surface area contributed by atoms with Gasteiger partial charge in [-0.05, 0) is 12.1 Å². The van der Waals surface area contributed by atoms with Crippen LogP contribution in [0.3, 0.4) is 0 Å². The van der Waals surface area contributed by atoms with Crippen LogP contribution in [0.4, 0.5) is 5.82 Å². The lowest BCUT2D eigenvalue weighted by Crippen LogP contribution is -2.20. The van der Waals surface area contributed by atoms with Crippen molar-refractivity contribution in [1.82, 2.24) is 20.2 Å². The first kappa shape index (κ1) is 12.8. The molecular weight excluding hydrogens is 310 g/mol. The molecule has 0 saturated carbocycles. The number of rotatable bonds is 4. The monoisotopic (exact) mass is 321 g/mol. The summed E-state index contributed by atoms with van der Waals surface area (Å²) in [7, 11) is -3.41. The number of benzene rings is 1. The fourth-order valence-electron chi connectivity index (χ4n) is 2.07. The number of hydrogen-bond acceptors (Lipinski definition) is 6. The van der Waals surface area contributed by atoms with Gasteiger partial charge in [0.05, 0.1) is 16.8 Å². The molecule has 0 aliphatic carbocycles. The minimum atomic E-state index is -3.41. The van der Waals surface area contributed by atoms with Gasteiger partial charge in [0.15, 0.2) is 17.0 Å². The number of fused-ring (bicyclic) bond motifs is 2. The Morgan fingerprint density at radius 2 is 2.00 bits per heavy atom. The molecule has 7 nitrogen and oxygen atoms in total. The van der Waals surface area contributed by atoms with Crippen molar-refractivity contribution in [2.24, 2.45) is 0 Å². The van der Waals surface area contributed by atoms with Crippen molar-refractivity contribution in [1.29, 1.82) is 0 Å². The van der Waals surface area contributed by atoms with E-state index in [1.165, 1.54) is 0 Å². The molecule has 1 aliphatic heterocycles. The van der Waals surface area contributed by atoms with Crippen LogP contribution in [-0.4, -0.2) is 45.3 Å². The Hall–Kier alpha value is -1.87. The Bertz CT molecular complexity index is 933. The molecule has 9 heteroatoms. The van der Waals surface area contributed by atoms with Crippen molar-refractivity contribution in [3.05, 3.63) is 24.3 Å². The highest BCUT2D eigenvalue weighted by atomic mass is 32.2. The smallest absolute Gasteiger partial charge is 0.235 e. The third-order valence-electron chi connectivity index (χ3n) is 3.13. The summed E-state index contributed by atoms with van der Waals surface area (Å²) in [6, 6.07) is 7.40. The van der Waals surface area contributed by atoms with E-state index in [0.29, 0.717) is 16.7 Å². The number of H-pyrrole nitrogens is 1. The van der Waals surface area contributed by atoms with Gasteiger partial charge < -0.3 is 0 Å². The second-order valence-electron chi connectivity index (χ2n) is 4.82. The predicted octanol–water partition coefficient (Wildman–Crippen LogP) is 1.36. The average Bonchev–Trinajstić information content (AvgIpc) is 3.17. The molecule has 3 heterocycles. The second-order valence-corrected chi connectivity index (χ2v) is 7.92. The predicted molar refractivity (Wildman–Crippen MR) is 82.8 cm³/mol. The standard InChI is InChI=1S/C12H11N5O2S2/c18-21(19,6-7-5-20-7)17-12-10-11(15-16-12)14-9-4-2-1-3-8(9)13-10/h1-4,7H,5-6H2,(H2,14,15,16,17). The van der Waals surface area contributed by atoms with Crippen LogP contribution < -0.4 is 4.72 Å². The zero-order valence-corrected chi connectivity index (χ0v) is 12.4. The molecular formula is C12H11N5O2S2. The summed E-state index contributed by atoms with van der Waals surface area (Å²) in [6.07, 6.45) is 0. The van der Waals surface area contributed by atoms with Gasteiger partial charge in [-0.1, -0.05) is 12.1 Å². The van der Waals surface area contributed by atoms with Crippen LogP contribution in [0.15, 0.2) is 24.3 Å². The number of sulfonamides is 1. The van der Waals surface area contributed by atoms with Gasteiger partial charge >= 0.3 is 0 Å². The summed E-state index contributed by atoms with van der Waals surface area (Å²) < 4.78 is 26.5. The van der Waals surface area contributed by atoms with Gasteiger partial charge in [0.2, 0.25) is 10.0 Å². The summed E-state index contributed by atoms with van der Waals surface area (Å²) in [5.41, 5.74) is 2.33. The number of nitrogens with zero attached hydrogens (tertiary/aromatic N) is 3. The van der Waals surface area contributed by atoms with Gasteiger partial charge in [0, 0.05) is 11.0 Å². The zero-order valence-electron chi connectivity index (χ0n) is 10.8. The first-order chi connectivity index (χ1) is 10.1. The van der Waals surface area contributed by atoms with E-state index < -0.39 is 10.0 Å². The highest BCUT2D eigenvalue weighted by Crippen LogP contribution is 2.31. The molecule has 1 atom stereocenters. The van der Waals surface area contributed by atoms with Gasteiger partial charge in [0.1, 0.15) is 0 Å². The molecule has 0 radical (unpaired) electrons. The van der Waals surface area contributed by atoms with Gasteiger partial charge in [-0.2, -0.15) is 16.9 Å². The summed E-state index contributed by atoms with van der Waals surface area (Å²) in [5.74, 6) is 1.20. The number of thioether (sulfide) groups is 1. The largest absolute Gasteiger partial charge is 0.264 e. The Morgan fingerprint density at radius 1 is 1.29 bits per heavy atom. The molecule has 0 bridgehead atoms. The van der Waals surface area contributed by atoms with Gasteiger partial charge in [-0.15, -0.1) is 0 Å². The SMILES string of the molecule is O=S(=O)(CC1CS1)Nc1n[nH]c2nc3ccccc3nc12. The normalized spacial score (nSPS) is 18.2. The van der Waals surface area contributed by atoms with E-state index in [2.05, 4.69) is 24.9 Å². The number of anilines is 1. The maximum absolute atomic E-state index is 12.0. The molecule has 2 N–H and O–H groups in total. The third kappa shape index (κ3) is 2.54. The van der Waals surface area contributed by atoms with E-state index in [1.54, 1.807) is 11.8 Å². The maximum Gasteiger partial charge on any atom is 0.235 e. The highest BCUT2D eigenvalue weighted by molar-refractivity contribution is 8.08. The van der Waals surface area contributed by atoms with Crippen LogP contribution in [0.5, 0.6) is 0 Å². The molecule has 1 aromatic carbocycles. The van der Waals surface area contributed by atoms with Crippen molar-refractivity contribution in [2.75, 3.05) is 16.2 Å². The lowest BCUT2D eigenvalue weighted by molar-refractivity contribution is 0.601. The third-order valence-corrected chi connectivity index (χ3v) is 5.66. The fraction of sp³-hybridized carbons (Fsp3) is 0.250. The van der Waals surface area contributed by atoms with Crippen LogP contribution >= 0.6 is 11.8 Å². The molecule has 0 spiro atoms. The average molecular weight is 321 g/mol.